The van der Waals surface area contributed by atoms with Crippen LogP contribution in [0.3, 0.4) is 0 Å². The Bertz CT molecular complexity index is 3030. The quantitative estimate of drug-likeness (QED) is 0.193. The highest BCUT2D eigenvalue weighted by atomic mass is 15.0. The van der Waals surface area contributed by atoms with Gasteiger partial charge < -0.3 is 8.97 Å². The molecule has 0 unspecified atom stereocenters. The van der Waals surface area contributed by atoms with E-state index in [1.165, 1.54) is 54.4 Å². The average Bonchev–Trinajstić information content (AvgIpc) is 3.82. The van der Waals surface area contributed by atoms with E-state index in [1.54, 1.807) is 0 Å². The molecule has 0 aliphatic rings. The number of benzene rings is 7. The van der Waals surface area contributed by atoms with Crippen molar-refractivity contribution in [2.45, 2.75) is 0 Å². The molecule has 0 amide bonds. The maximum atomic E-state index is 5.02. The lowest BCUT2D eigenvalue weighted by atomic mass is 10.1. The molecule has 7 aromatic carbocycles. The minimum atomic E-state index is 0.638. The predicted octanol–water partition coefficient (Wildman–Crippen LogP) is 11.1. The van der Waals surface area contributed by atoms with Crippen LogP contribution in [0.2, 0.25) is 0 Å². The van der Waals surface area contributed by atoms with Crippen molar-refractivity contribution in [2.24, 2.45) is 0 Å². The highest BCUT2D eigenvalue weighted by molar-refractivity contribution is 6.26. The molecule has 0 saturated heterocycles. The van der Waals surface area contributed by atoms with E-state index in [0.29, 0.717) is 17.5 Å². The summed E-state index contributed by atoms with van der Waals surface area (Å²) in [5, 5.41) is 7.55. The Labute approximate surface area is 286 Å². The molecule has 4 heterocycles. The van der Waals surface area contributed by atoms with Gasteiger partial charge in [0, 0.05) is 54.7 Å². The standard InChI is InChI=1S/C45H27N5/c1-3-13-28(14-4-1)43-46-44(29-15-5-2-6-16-29)48-45(47-43)30-17-11-18-31(25-30)49-38-23-9-8-20-33(38)36-26-41-37(27-40(36)49)35-22-12-21-34-32-19-7-10-24-39(32)50(41)42(34)35/h1-27H. The molecule has 11 rings (SSSR count). The maximum absolute atomic E-state index is 5.02. The highest BCUT2D eigenvalue weighted by Gasteiger charge is 2.21. The fourth-order valence-corrected chi connectivity index (χ4v) is 7.89. The number of hydrogen-bond acceptors (Lipinski definition) is 3. The second-order valence-corrected chi connectivity index (χ2v) is 12.9. The van der Waals surface area contributed by atoms with Gasteiger partial charge in [-0.25, -0.2) is 15.0 Å². The van der Waals surface area contributed by atoms with Gasteiger partial charge in [-0.15, -0.1) is 0 Å². The molecule has 11 aromatic rings. The fraction of sp³-hybridized carbons (Fsp3) is 0. The summed E-state index contributed by atoms with van der Waals surface area (Å²) in [6.45, 7) is 0. The predicted molar refractivity (Wildman–Crippen MR) is 205 cm³/mol. The molecule has 5 nitrogen and oxygen atoms in total. The Hall–Kier alpha value is -6.85. The van der Waals surface area contributed by atoms with Crippen LogP contribution < -0.4 is 0 Å². The van der Waals surface area contributed by atoms with E-state index in [2.05, 4.69) is 112 Å². The molecule has 0 aliphatic carbocycles. The molecule has 0 aliphatic heterocycles. The van der Waals surface area contributed by atoms with Crippen molar-refractivity contribution in [1.82, 2.24) is 23.9 Å². The first kappa shape index (κ1) is 27.1. The monoisotopic (exact) mass is 637 g/mol. The van der Waals surface area contributed by atoms with Gasteiger partial charge in [0.2, 0.25) is 0 Å². The summed E-state index contributed by atoms with van der Waals surface area (Å²) < 4.78 is 4.84. The van der Waals surface area contributed by atoms with Crippen LogP contribution in [0.25, 0.3) is 99.8 Å². The molecule has 0 spiro atoms. The van der Waals surface area contributed by atoms with E-state index in [1.807, 2.05) is 60.7 Å². The van der Waals surface area contributed by atoms with E-state index >= 15 is 0 Å². The first-order valence-corrected chi connectivity index (χ1v) is 16.9. The first-order chi connectivity index (χ1) is 24.8. The van der Waals surface area contributed by atoms with Gasteiger partial charge in [0.25, 0.3) is 0 Å². The van der Waals surface area contributed by atoms with Crippen LogP contribution >= 0.6 is 0 Å². The molecule has 50 heavy (non-hydrogen) atoms. The van der Waals surface area contributed by atoms with Gasteiger partial charge in [-0.1, -0.05) is 127 Å². The second kappa shape index (κ2) is 10.3. The minimum Gasteiger partial charge on any atom is -0.309 e. The minimum absolute atomic E-state index is 0.638. The zero-order valence-electron chi connectivity index (χ0n) is 26.8. The highest BCUT2D eigenvalue weighted by Crippen LogP contribution is 2.42. The summed E-state index contributed by atoms with van der Waals surface area (Å²) in [6, 6.07) is 57.7. The molecule has 232 valence electrons. The van der Waals surface area contributed by atoms with Crippen molar-refractivity contribution in [3.63, 3.8) is 0 Å². The molecule has 0 bridgehead atoms. The number of hydrogen-bond donors (Lipinski definition) is 0. The Balaban J connectivity index is 1.16. The Kier molecular flexibility index (Phi) is 5.60. The van der Waals surface area contributed by atoms with Gasteiger partial charge >= 0.3 is 0 Å². The van der Waals surface area contributed by atoms with Crippen molar-refractivity contribution >= 4 is 59.9 Å². The molecule has 0 radical (unpaired) electrons. The third-order valence-corrected chi connectivity index (χ3v) is 10.1. The van der Waals surface area contributed by atoms with Crippen molar-refractivity contribution < 1.29 is 0 Å². The van der Waals surface area contributed by atoms with Crippen LogP contribution in [-0.4, -0.2) is 23.9 Å². The zero-order chi connectivity index (χ0) is 32.8. The molecule has 5 heteroatoms. The molecular weight excluding hydrogens is 611 g/mol. The lowest BCUT2D eigenvalue weighted by Gasteiger charge is -2.11. The van der Waals surface area contributed by atoms with Crippen LogP contribution in [0.4, 0.5) is 0 Å². The van der Waals surface area contributed by atoms with E-state index in [-0.39, 0.29) is 0 Å². The number of rotatable bonds is 4. The number of fused-ring (bicyclic) bond motifs is 9. The number of para-hydroxylation sites is 3. The fourth-order valence-electron chi connectivity index (χ4n) is 7.89. The summed E-state index contributed by atoms with van der Waals surface area (Å²) in [5.74, 6) is 1.94. The topological polar surface area (TPSA) is 48.0 Å². The van der Waals surface area contributed by atoms with Gasteiger partial charge in [-0.3, -0.25) is 0 Å². The maximum Gasteiger partial charge on any atom is 0.164 e. The van der Waals surface area contributed by atoms with Crippen molar-refractivity contribution in [1.29, 1.82) is 0 Å². The Morgan fingerprint density at radius 2 is 0.800 bits per heavy atom. The summed E-state index contributed by atoms with van der Waals surface area (Å²) in [7, 11) is 0. The SMILES string of the molecule is c1ccc(-c2nc(-c3ccccc3)nc(-c3cccc(-n4c5ccccc5c5cc6c(cc54)c4cccc5c7ccccc7n6c54)c3)n2)cc1. The van der Waals surface area contributed by atoms with E-state index in [0.717, 1.165) is 27.9 Å². The number of nitrogens with zero attached hydrogens (tertiary/aromatic N) is 5. The third-order valence-electron chi connectivity index (χ3n) is 10.1. The van der Waals surface area contributed by atoms with Gasteiger partial charge in [0.05, 0.1) is 27.6 Å². The molecule has 0 atom stereocenters. The number of aromatic nitrogens is 5. The largest absolute Gasteiger partial charge is 0.309 e. The first-order valence-electron chi connectivity index (χ1n) is 16.9. The second-order valence-electron chi connectivity index (χ2n) is 12.9. The summed E-state index contributed by atoms with van der Waals surface area (Å²) in [5.41, 5.74) is 9.97. The molecular formula is C45H27N5. The average molecular weight is 638 g/mol. The van der Waals surface area contributed by atoms with Crippen LogP contribution in [0.1, 0.15) is 0 Å². The zero-order valence-corrected chi connectivity index (χ0v) is 26.8. The molecule has 0 saturated carbocycles. The smallest absolute Gasteiger partial charge is 0.164 e. The van der Waals surface area contributed by atoms with Crippen LogP contribution in [0, 0.1) is 0 Å². The van der Waals surface area contributed by atoms with E-state index < -0.39 is 0 Å². The van der Waals surface area contributed by atoms with Crippen molar-refractivity contribution in [3.05, 3.63) is 164 Å². The van der Waals surface area contributed by atoms with Crippen molar-refractivity contribution in [3.8, 4) is 39.9 Å². The van der Waals surface area contributed by atoms with Gasteiger partial charge in [-0.2, -0.15) is 0 Å². The summed E-state index contributed by atoms with van der Waals surface area (Å²) >= 11 is 0. The lowest BCUT2D eigenvalue weighted by Crippen LogP contribution is -2.01. The Morgan fingerprint density at radius 3 is 1.50 bits per heavy atom. The van der Waals surface area contributed by atoms with Crippen LogP contribution in [0.5, 0.6) is 0 Å². The normalized spacial score (nSPS) is 12.0. The van der Waals surface area contributed by atoms with E-state index in [4.69, 9.17) is 15.0 Å². The summed E-state index contributed by atoms with van der Waals surface area (Å²) in [4.78, 5) is 15.0. The van der Waals surface area contributed by atoms with Crippen LogP contribution in [0.15, 0.2) is 164 Å². The molecule has 0 fully saturated rings. The molecule has 4 aromatic heterocycles. The van der Waals surface area contributed by atoms with E-state index in [9.17, 15) is 0 Å². The third kappa shape index (κ3) is 3.86. The summed E-state index contributed by atoms with van der Waals surface area (Å²) in [6.07, 6.45) is 0. The Morgan fingerprint density at radius 1 is 0.320 bits per heavy atom. The van der Waals surface area contributed by atoms with Gasteiger partial charge in [0.15, 0.2) is 17.5 Å². The lowest BCUT2D eigenvalue weighted by molar-refractivity contribution is 1.07. The van der Waals surface area contributed by atoms with Gasteiger partial charge in [-0.05, 0) is 36.4 Å². The van der Waals surface area contributed by atoms with Crippen LogP contribution in [-0.2, 0) is 0 Å². The van der Waals surface area contributed by atoms with Crippen molar-refractivity contribution in [2.75, 3.05) is 0 Å². The van der Waals surface area contributed by atoms with Gasteiger partial charge in [0.1, 0.15) is 0 Å². The molecule has 0 N–H and O–H groups in total.